The molecule has 0 saturated heterocycles. The Morgan fingerprint density at radius 2 is 1.93 bits per heavy atom. The van der Waals surface area contributed by atoms with Crippen molar-refractivity contribution in [2.75, 3.05) is 12.1 Å². The minimum Gasteiger partial charge on any atom is -0.454 e. The SMILES string of the molecule is Cc1nc(Cc2nc(-c3ccccc3)c(C(=O)Nc3ccc4c(c3)OCO4)s2)cs1. The van der Waals surface area contributed by atoms with Crippen molar-refractivity contribution < 1.29 is 14.3 Å². The molecule has 8 heteroatoms. The maximum Gasteiger partial charge on any atom is 0.268 e. The van der Waals surface area contributed by atoms with E-state index < -0.39 is 0 Å². The third kappa shape index (κ3) is 3.79. The fourth-order valence-electron chi connectivity index (χ4n) is 3.19. The average molecular weight is 436 g/mol. The van der Waals surface area contributed by atoms with E-state index in [-0.39, 0.29) is 12.7 Å². The second-order valence-corrected chi connectivity index (χ2v) is 8.85. The van der Waals surface area contributed by atoms with Gasteiger partial charge in [-0.05, 0) is 19.1 Å². The van der Waals surface area contributed by atoms with Gasteiger partial charge in [-0.1, -0.05) is 30.3 Å². The van der Waals surface area contributed by atoms with E-state index in [9.17, 15) is 4.79 Å². The largest absolute Gasteiger partial charge is 0.454 e. The number of fused-ring (bicyclic) bond motifs is 1. The first-order chi connectivity index (χ1) is 14.7. The number of benzene rings is 2. The van der Waals surface area contributed by atoms with Crippen LogP contribution in [0.15, 0.2) is 53.9 Å². The predicted octanol–water partition coefficient (Wildman–Crippen LogP) is 5.15. The highest BCUT2D eigenvalue weighted by molar-refractivity contribution is 7.14. The summed E-state index contributed by atoms with van der Waals surface area (Å²) >= 11 is 3.01. The van der Waals surface area contributed by atoms with Gasteiger partial charge in [-0.25, -0.2) is 9.97 Å². The average Bonchev–Trinajstić information content (AvgIpc) is 3.48. The molecule has 0 radical (unpaired) electrons. The maximum atomic E-state index is 13.2. The smallest absolute Gasteiger partial charge is 0.268 e. The van der Waals surface area contributed by atoms with E-state index in [2.05, 4.69) is 10.3 Å². The van der Waals surface area contributed by atoms with Gasteiger partial charge in [0, 0.05) is 29.1 Å². The molecule has 2 aromatic heterocycles. The summed E-state index contributed by atoms with van der Waals surface area (Å²) in [7, 11) is 0. The molecular weight excluding hydrogens is 418 g/mol. The van der Waals surface area contributed by atoms with Gasteiger partial charge in [-0.15, -0.1) is 22.7 Å². The molecule has 1 N–H and O–H groups in total. The van der Waals surface area contributed by atoms with Gasteiger partial charge in [0.25, 0.3) is 5.91 Å². The number of anilines is 1. The molecule has 6 nitrogen and oxygen atoms in total. The van der Waals surface area contributed by atoms with Gasteiger partial charge in [-0.2, -0.15) is 0 Å². The second kappa shape index (κ2) is 7.89. The Bertz CT molecular complexity index is 1220. The van der Waals surface area contributed by atoms with E-state index in [0.717, 1.165) is 21.3 Å². The van der Waals surface area contributed by atoms with E-state index in [4.69, 9.17) is 14.5 Å². The molecule has 0 atom stereocenters. The summed E-state index contributed by atoms with van der Waals surface area (Å²) in [6, 6.07) is 15.1. The third-order valence-electron chi connectivity index (χ3n) is 4.55. The minimum atomic E-state index is -0.203. The Hall–Kier alpha value is -3.23. The highest BCUT2D eigenvalue weighted by Crippen LogP contribution is 2.35. The summed E-state index contributed by atoms with van der Waals surface area (Å²) in [4.78, 5) is 23.0. The number of rotatable bonds is 5. The molecule has 0 saturated carbocycles. The molecule has 1 amide bonds. The summed E-state index contributed by atoms with van der Waals surface area (Å²) in [5.41, 5.74) is 3.20. The van der Waals surface area contributed by atoms with Crippen molar-refractivity contribution in [1.82, 2.24) is 9.97 Å². The monoisotopic (exact) mass is 435 g/mol. The fourth-order valence-corrected chi connectivity index (χ4v) is 4.80. The third-order valence-corrected chi connectivity index (χ3v) is 6.43. The van der Waals surface area contributed by atoms with Crippen LogP contribution in [0.2, 0.25) is 0 Å². The fraction of sp³-hybridized carbons (Fsp3) is 0.136. The molecule has 0 unspecified atom stereocenters. The number of nitrogens with zero attached hydrogens (tertiary/aromatic N) is 2. The first-order valence-corrected chi connectivity index (χ1v) is 11.0. The number of carbonyl (C=O) groups is 1. The number of aromatic nitrogens is 2. The molecule has 1 aliphatic heterocycles. The van der Waals surface area contributed by atoms with Crippen LogP contribution in [0, 0.1) is 6.92 Å². The van der Waals surface area contributed by atoms with Gasteiger partial charge in [0.05, 0.1) is 16.4 Å². The normalized spacial score (nSPS) is 12.2. The zero-order valence-corrected chi connectivity index (χ0v) is 17.7. The zero-order chi connectivity index (χ0) is 20.5. The molecule has 5 rings (SSSR count). The number of ether oxygens (including phenoxy) is 2. The van der Waals surface area contributed by atoms with Crippen LogP contribution < -0.4 is 14.8 Å². The Kier molecular flexibility index (Phi) is 4.94. The molecule has 0 spiro atoms. The number of aryl methyl sites for hydroxylation is 1. The van der Waals surface area contributed by atoms with Gasteiger partial charge in [-0.3, -0.25) is 4.79 Å². The molecule has 30 heavy (non-hydrogen) atoms. The topological polar surface area (TPSA) is 73.3 Å². The Morgan fingerprint density at radius 1 is 1.10 bits per heavy atom. The number of hydrogen-bond acceptors (Lipinski definition) is 7. The first-order valence-electron chi connectivity index (χ1n) is 9.33. The van der Waals surface area contributed by atoms with Crippen molar-refractivity contribution in [1.29, 1.82) is 0 Å². The molecule has 0 aliphatic carbocycles. The van der Waals surface area contributed by atoms with Crippen LogP contribution in [-0.2, 0) is 6.42 Å². The van der Waals surface area contributed by atoms with Gasteiger partial charge >= 0.3 is 0 Å². The lowest BCUT2D eigenvalue weighted by atomic mass is 10.1. The van der Waals surface area contributed by atoms with Crippen molar-refractivity contribution in [2.24, 2.45) is 0 Å². The Morgan fingerprint density at radius 3 is 2.73 bits per heavy atom. The second-order valence-electron chi connectivity index (χ2n) is 6.71. The standard InChI is InChI=1S/C22H17N3O3S2/c1-13-23-16(11-29-13)10-19-25-20(14-5-3-2-4-6-14)21(30-19)22(26)24-15-7-8-17-18(9-15)28-12-27-17/h2-9,11H,10,12H2,1H3,(H,24,26). The molecule has 1 aliphatic rings. The van der Waals surface area contributed by atoms with Gasteiger partial charge in [0.2, 0.25) is 6.79 Å². The molecule has 0 bridgehead atoms. The van der Waals surface area contributed by atoms with Crippen LogP contribution in [0.25, 0.3) is 11.3 Å². The Labute approximate surface area is 181 Å². The van der Waals surface area contributed by atoms with Crippen LogP contribution >= 0.6 is 22.7 Å². The molecular formula is C22H17N3O3S2. The molecule has 2 aromatic carbocycles. The summed E-state index contributed by atoms with van der Waals surface area (Å²) in [5, 5.41) is 6.87. The van der Waals surface area contributed by atoms with Crippen molar-refractivity contribution in [3.05, 3.63) is 74.5 Å². The number of nitrogens with one attached hydrogen (secondary N) is 1. The van der Waals surface area contributed by atoms with Crippen molar-refractivity contribution in [3.63, 3.8) is 0 Å². The minimum absolute atomic E-state index is 0.194. The van der Waals surface area contributed by atoms with Gasteiger partial charge in [0.15, 0.2) is 11.5 Å². The summed E-state index contributed by atoms with van der Waals surface area (Å²) < 4.78 is 10.7. The van der Waals surface area contributed by atoms with E-state index in [1.165, 1.54) is 11.3 Å². The number of carbonyl (C=O) groups excluding carboxylic acids is 1. The van der Waals surface area contributed by atoms with Crippen molar-refractivity contribution in [3.8, 4) is 22.8 Å². The summed E-state index contributed by atoms with van der Waals surface area (Å²) in [5.74, 6) is 1.10. The summed E-state index contributed by atoms with van der Waals surface area (Å²) in [6.07, 6.45) is 0.603. The lowest BCUT2D eigenvalue weighted by molar-refractivity contribution is 0.103. The van der Waals surface area contributed by atoms with Crippen molar-refractivity contribution >= 4 is 34.3 Å². The predicted molar refractivity (Wildman–Crippen MR) is 118 cm³/mol. The molecule has 4 aromatic rings. The zero-order valence-electron chi connectivity index (χ0n) is 16.0. The molecule has 0 fully saturated rings. The van der Waals surface area contributed by atoms with Gasteiger partial charge in [0.1, 0.15) is 9.88 Å². The lowest BCUT2D eigenvalue weighted by Gasteiger charge is -2.06. The quantitative estimate of drug-likeness (QED) is 0.469. The number of thiazole rings is 2. The summed E-state index contributed by atoms with van der Waals surface area (Å²) in [6.45, 7) is 2.18. The van der Waals surface area contributed by atoms with Crippen LogP contribution in [0.3, 0.4) is 0 Å². The highest BCUT2D eigenvalue weighted by atomic mass is 32.1. The van der Waals surface area contributed by atoms with E-state index >= 15 is 0 Å². The lowest BCUT2D eigenvalue weighted by Crippen LogP contribution is -2.11. The maximum absolute atomic E-state index is 13.2. The molecule has 150 valence electrons. The first kappa shape index (κ1) is 18.8. The van der Waals surface area contributed by atoms with Crippen molar-refractivity contribution in [2.45, 2.75) is 13.3 Å². The van der Waals surface area contributed by atoms with Crippen LogP contribution in [0.5, 0.6) is 11.5 Å². The highest BCUT2D eigenvalue weighted by Gasteiger charge is 2.21. The van der Waals surface area contributed by atoms with Crippen LogP contribution in [0.4, 0.5) is 5.69 Å². The van der Waals surface area contributed by atoms with E-state index in [1.54, 1.807) is 29.5 Å². The van der Waals surface area contributed by atoms with E-state index in [0.29, 0.717) is 34.2 Å². The molecule has 3 heterocycles. The van der Waals surface area contributed by atoms with Crippen LogP contribution in [0.1, 0.15) is 25.4 Å². The Balaban J connectivity index is 1.46. The number of hydrogen-bond donors (Lipinski definition) is 1. The number of amides is 1. The van der Waals surface area contributed by atoms with Gasteiger partial charge < -0.3 is 14.8 Å². The van der Waals surface area contributed by atoms with E-state index in [1.807, 2.05) is 42.6 Å². The van der Waals surface area contributed by atoms with Crippen LogP contribution in [-0.4, -0.2) is 22.7 Å².